The Kier molecular flexibility index (Phi) is 4.71. The summed E-state index contributed by atoms with van der Waals surface area (Å²) >= 11 is 0. The van der Waals surface area contributed by atoms with E-state index in [0.29, 0.717) is 5.56 Å². The number of piperidine rings is 1. The minimum absolute atomic E-state index is 0.0172. The molecular weight excluding hydrogens is 259 g/mol. The molecule has 1 aromatic rings. The molecule has 0 unspecified atom stereocenters. The van der Waals surface area contributed by atoms with Crippen LogP contribution in [-0.2, 0) is 4.79 Å². The molecule has 2 rings (SSSR count). The molecule has 0 spiro atoms. The summed E-state index contributed by atoms with van der Waals surface area (Å²) in [5.74, 6) is -1.18. The fourth-order valence-electron chi connectivity index (χ4n) is 2.33. The number of hydrogen-bond acceptors (Lipinski definition) is 2. The van der Waals surface area contributed by atoms with Gasteiger partial charge in [0.1, 0.15) is 5.82 Å². The number of benzene rings is 1. The van der Waals surface area contributed by atoms with Crippen LogP contribution in [0.3, 0.4) is 0 Å². The zero-order chi connectivity index (χ0) is 14.5. The van der Waals surface area contributed by atoms with Crippen LogP contribution < -0.4 is 5.32 Å². The van der Waals surface area contributed by atoms with Gasteiger partial charge < -0.3 is 10.2 Å². The highest BCUT2D eigenvalue weighted by Gasteiger charge is 2.18. The van der Waals surface area contributed by atoms with Crippen molar-refractivity contribution in [1.82, 2.24) is 10.2 Å². The summed E-state index contributed by atoms with van der Waals surface area (Å²) in [5, 5.41) is 2.49. The molecule has 0 radical (unpaired) electrons. The Bertz CT molecular complexity index is 511. The van der Waals surface area contributed by atoms with Crippen LogP contribution in [0.2, 0.25) is 0 Å². The number of rotatable bonds is 3. The predicted molar refractivity (Wildman–Crippen MR) is 73.9 cm³/mol. The van der Waals surface area contributed by atoms with Crippen LogP contribution in [0.25, 0.3) is 0 Å². The summed E-state index contributed by atoms with van der Waals surface area (Å²) in [4.78, 5) is 25.5. The lowest BCUT2D eigenvalue weighted by molar-refractivity contribution is -0.130. The minimum atomic E-state index is -0.545. The molecule has 20 heavy (non-hydrogen) atoms. The third kappa shape index (κ3) is 3.35. The van der Waals surface area contributed by atoms with Gasteiger partial charge in [0.05, 0.1) is 12.1 Å². The topological polar surface area (TPSA) is 49.4 Å². The van der Waals surface area contributed by atoms with Crippen LogP contribution in [0.15, 0.2) is 18.2 Å². The Morgan fingerprint density at radius 1 is 1.25 bits per heavy atom. The van der Waals surface area contributed by atoms with Gasteiger partial charge in [0.2, 0.25) is 5.91 Å². The van der Waals surface area contributed by atoms with Gasteiger partial charge in [0, 0.05) is 13.1 Å². The molecule has 1 fully saturated rings. The average molecular weight is 278 g/mol. The summed E-state index contributed by atoms with van der Waals surface area (Å²) in [5.41, 5.74) is 0.399. The highest BCUT2D eigenvalue weighted by atomic mass is 19.1. The molecule has 2 amide bonds. The maximum Gasteiger partial charge on any atom is 0.254 e. The van der Waals surface area contributed by atoms with Crippen LogP contribution in [0.5, 0.6) is 0 Å². The maximum atomic E-state index is 13.8. The van der Waals surface area contributed by atoms with Gasteiger partial charge in [0.25, 0.3) is 5.91 Å². The summed E-state index contributed by atoms with van der Waals surface area (Å²) in [6.45, 7) is 3.01. The number of hydrogen-bond donors (Lipinski definition) is 1. The molecule has 5 heteroatoms. The smallest absolute Gasteiger partial charge is 0.254 e. The van der Waals surface area contributed by atoms with Crippen LogP contribution in [-0.4, -0.2) is 36.3 Å². The lowest BCUT2D eigenvalue weighted by Crippen LogP contribution is -2.42. The first-order chi connectivity index (χ1) is 9.59. The quantitative estimate of drug-likeness (QED) is 0.917. The van der Waals surface area contributed by atoms with E-state index in [2.05, 4.69) is 5.32 Å². The lowest BCUT2D eigenvalue weighted by atomic mass is 10.1. The molecule has 1 saturated heterocycles. The minimum Gasteiger partial charge on any atom is -0.343 e. The van der Waals surface area contributed by atoms with Crippen molar-refractivity contribution >= 4 is 11.8 Å². The van der Waals surface area contributed by atoms with Gasteiger partial charge in [-0.25, -0.2) is 4.39 Å². The SMILES string of the molecule is Cc1cccc(C(=O)NCC(=O)N2CCCCC2)c1F. The third-order valence-electron chi connectivity index (χ3n) is 3.55. The van der Waals surface area contributed by atoms with Gasteiger partial charge in [-0.05, 0) is 37.8 Å². The van der Waals surface area contributed by atoms with E-state index in [0.717, 1.165) is 32.4 Å². The molecule has 0 atom stereocenters. The molecule has 1 heterocycles. The summed E-state index contributed by atoms with van der Waals surface area (Å²) in [6, 6.07) is 4.65. The summed E-state index contributed by atoms with van der Waals surface area (Å²) < 4.78 is 13.8. The van der Waals surface area contributed by atoms with Crippen LogP contribution in [0, 0.1) is 12.7 Å². The zero-order valence-electron chi connectivity index (χ0n) is 11.6. The average Bonchev–Trinajstić information content (AvgIpc) is 2.48. The number of likely N-dealkylation sites (tertiary alicyclic amines) is 1. The van der Waals surface area contributed by atoms with Crippen molar-refractivity contribution in [2.75, 3.05) is 19.6 Å². The van der Waals surface area contributed by atoms with Crippen molar-refractivity contribution in [3.05, 3.63) is 35.1 Å². The molecule has 0 saturated carbocycles. The first-order valence-corrected chi connectivity index (χ1v) is 6.90. The molecule has 0 aromatic heterocycles. The van der Waals surface area contributed by atoms with E-state index in [1.165, 1.54) is 6.07 Å². The Morgan fingerprint density at radius 3 is 2.65 bits per heavy atom. The van der Waals surface area contributed by atoms with E-state index < -0.39 is 11.7 Å². The second-order valence-electron chi connectivity index (χ2n) is 5.06. The van der Waals surface area contributed by atoms with Crippen molar-refractivity contribution in [2.24, 2.45) is 0 Å². The number of aryl methyl sites for hydroxylation is 1. The number of carbonyl (C=O) groups is 2. The van der Waals surface area contributed by atoms with Crippen molar-refractivity contribution in [3.63, 3.8) is 0 Å². The molecule has 0 bridgehead atoms. The van der Waals surface area contributed by atoms with Crippen LogP contribution in [0.1, 0.15) is 35.2 Å². The lowest BCUT2D eigenvalue weighted by Gasteiger charge is -2.26. The Balaban J connectivity index is 1.91. The van der Waals surface area contributed by atoms with Crippen molar-refractivity contribution < 1.29 is 14.0 Å². The maximum absolute atomic E-state index is 13.8. The third-order valence-corrected chi connectivity index (χ3v) is 3.55. The molecule has 1 N–H and O–H groups in total. The highest BCUT2D eigenvalue weighted by Crippen LogP contribution is 2.12. The fourth-order valence-corrected chi connectivity index (χ4v) is 2.33. The van der Waals surface area contributed by atoms with Crippen molar-refractivity contribution in [2.45, 2.75) is 26.2 Å². The first-order valence-electron chi connectivity index (χ1n) is 6.90. The van der Waals surface area contributed by atoms with Crippen LogP contribution >= 0.6 is 0 Å². The van der Waals surface area contributed by atoms with Crippen molar-refractivity contribution in [1.29, 1.82) is 0 Å². The van der Waals surface area contributed by atoms with Crippen molar-refractivity contribution in [3.8, 4) is 0 Å². The number of nitrogens with zero attached hydrogens (tertiary/aromatic N) is 1. The Labute approximate surface area is 118 Å². The molecular formula is C15H19FN2O2. The second-order valence-corrected chi connectivity index (χ2v) is 5.06. The Hall–Kier alpha value is -1.91. The molecule has 0 aliphatic carbocycles. The van der Waals surface area contributed by atoms with E-state index in [9.17, 15) is 14.0 Å². The summed E-state index contributed by atoms with van der Waals surface area (Å²) in [6.07, 6.45) is 3.16. The van der Waals surface area contributed by atoms with Gasteiger partial charge in [0.15, 0.2) is 0 Å². The molecule has 1 aliphatic heterocycles. The molecule has 1 aliphatic rings. The van der Waals surface area contributed by atoms with Gasteiger partial charge in [-0.15, -0.1) is 0 Å². The fraction of sp³-hybridized carbons (Fsp3) is 0.467. The standard InChI is InChI=1S/C15H19FN2O2/c1-11-6-5-7-12(14(11)16)15(20)17-10-13(19)18-8-3-2-4-9-18/h5-7H,2-4,8-10H2,1H3,(H,17,20). The normalized spacial score (nSPS) is 15.0. The second kappa shape index (κ2) is 6.50. The number of nitrogens with one attached hydrogen (secondary N) is 1. The van der Waals surface area contributed by atoms with Crippen LogP contribution in [0.4, 0.5) is 4.39 Å². The van der Waals surface area contributed by atoms with E-state index in [4.69, 9.17) is 0 Å². The number of amides is 2. The molecule has 108 valence electrons. The monoisotopic (exact) mass is 278 g/mol. The highest BCUT2D eigenvalue weighted by molar-refractivity contribution is 5.96. The largest absolute Gasteiger partial charge is 0.343 e. The van der Waals surface area contributed by atoms with E-state index in [1.807, 2.05) is 0 Å². The molecule has 4 nitrogen and oxygen atoms in total. The number of halogens is 1. The van der Waals surface area contributed by atoms with E-state index in [-0.39, 0.29) is 18.0 Å². The van der Waals surface area contributed by atoms with E-state index in [1.54, 1.807) is 24.0 Å². The number of carbonyl (C=O) groups excluding carboxylic acids is 2. The molecule has 1 aromatic carbocycles. The zero-order valence-corrected chi connectivity index (χ0v) is 11.6. The van der Waals surface area contributed by atoms with Gasteiger partial charge in [-0.1, -0.05) is 12.1 Å². The van der Waals surface area contributed by atoms with Gasteiger partial charge in [-0.2, -0.15) is 0 Å². The summed E-state index contributed by atoms with van der Waals surface area (Å²) in [7, 11) is 0. The van der Waals surface area contributed by atoms with Gasteiger partial charge >= 0.3 is 0 Å². The van der Waals surface area contributed by atoms with Gasteiger partial charge in [-0.3, -0.25) is 9.59 Å². The predicted octanol–water partition coefficient (Wildman–Crippen LogP) is 1.88. The first kappa shape index (κ1) is 14.5. The Morgan fingerprint density at radius 2 is 1.95 bits per heavy atom. The van der Waals surface area contributed by atoms with E-state index >= 15 is 0 Å².